The number of thiophene rings is 1. The summed E-state index contributed by atoms with van der Waals surface area (Å²) in [4.78, 5) is 12.7. The van der Waals surface area contributed by atoms with Crippen LogP contribution in [0.3, 0.4) is 0 Å². The first-order valence-electron chi connectivity index (χ1n) is 4.52. The van der Waals surface area contributed by atoms with Gasteiger partial charge in [0.15, 0.2) is 0 Å². The Morgan fingerprint density at radius 1 is 1.62 bits per heavy atom. The van der Waals surface area contributed by atoms with E-state index >= 15 is 0 Å². The number of halogens is 1. The molecule has 1 nitrogen and oxygen atoms in total. The van der Waals surface area contributed by atoms with Crippen LogP contribution in [0.15, 0.2) is 15.9 Å². The van der Waals surface area contributed by atoms with Crippen molar-refractivity contribution in [3.8, 4) is 0 Å². The predicted molar refractivity (Wildman–Crippen MR) is 58.1 cm³/mol. The minimum Gasteiger partial charge on any atom is -0.299 e. The molecule has 0 saturated heterocycles. The molecule has 13 heavy (non-hydrogen) atoms. The van der Waals surface area contributed by atoms with Crippen LogP contribution in [-0.4, -0.2) is 5.78 Å². The molecule has 0 amide bonds. The first-order chi connectivity index (χ1) is 6.27. The number of hydrogen-bond acceptors (Lipinski definition) is 2. The van der Waals surface area contributed by atoms with Gasteiger partial charge < -0.3 is 0 Å². The minimum atomic E-state index is 0.301. The van der Waals surface area contributed by atoms with Crippen molar-refractivity contribution in [3.63, 3.8) is 0 Å². The summed E-state index contributed by atoms with van der Waals surface area (Å²) in [5.74, 6) is 0.759. The van der Waals surface area contributed by atoms with Crippen molar-refractivity contribution in [3.05, 3.63) is 20.8 Å². The van der Waals surface area contributed by atoms with Gasteiger partial charge in [-0.05, 0) is 46.6 Å². The minimum absolute atomic E-state index is 0.301. The molecule has 0 N–H and O–H groups in total. The summed E-state index contributed by atoms with van der Waals surface area (Å²) < 4.78 is 1.16. The summed E-state index contributed by atoms with van der Waals surface area (Å²) in [6, 6.07) is 2.05. The first kappa shape index (κ1) is 9.41. The zero-order valence-electron chi connectivity index (χ0n) is 7.25. The van der Waals surface area contributed by atoms with Crippen molar-refractivity contribution >= 4 is 33.0 Å². The second-order valence-corrected chi connectivity index (χ2v) is 5.31. The SMILES string of the molecule is O=C1CCCC1Cc1sccc1Br. The summed E-state index contributed by atoms with van der Waals surface area (Å²) in [7, 11) is 0. The molecule has 0 radical (unpaired) electrons. The molecule has 1 atom stereocenters. The monoisotopic (exact) mass is 258 g/mol. The third-order valence-electron chi connectivity index (χ3n) is 2.55. The highest BCUT2D eigenvalue weighted by Gasteiger charge is 2.25. The van der Waals surface area contributed by atoms with E-state index < -0.39 is 0 Å². The van der Waals surface area contributed by atoms with Crippen molar-refractivity contribution in [2.75, 3.05) is 0 Å². The normalized spacial score (nSPS) is 22.5. The maximum atomic E-state index is 11.4. The van der Waals surface area contributed by atoms with Crippen LogP contribution < -0.4 is 0 Å². The molecule has 1 saturated carbocycles. The number of hydrogen-bond donors (Lipinski definition) is 0. The molecule has 70 valence electrons. The van der Waals surface area contributed by atoms with E-state index in [0.29, 0.717) is 11.7 Å². The average molecular weight is 259 g/mol. The van der Waals surface area contributed by atoms with Crippen LogP contribution in [0.1, 0.15) is 24.1 Å². The standard InChI is InChI=1S/C10H11BrOS/c11-8-4-5-13-10(8)6-7-2-1-3-9(7)12/h4-5,7H,1-3,6H2. The number of Topliss-reactive ketones (excluding diaryl/α,β-unsaturated/α-hetero) is 1. The molecule has 1 aromatic rings. The zero-order chi connectivity index (χ0) is 9.26. The summed E-state index contributed by atoms with van der Waals surface area (Å²) in [6.07, 6.45) is 3.92. The molecule has 1 fully saturated rings. The maximum Gasteiger partial charge on any atom is 0.136 e. The van der Waals surface area contributed by atoms with Gasteiger partial charge >= 0.3 is 0 Å². The van der Waals surface area contributed by atoms with E-state index in [-0.39, 0.29) is 0 Å². The van der Waals surface area contributed by atoms with Gasteiger partial charge in [0, 0.05) is 21.7 Å². The van der Waals surface area contributed by atoms with E-state index in [0.717, 1.165) is 30.2 Å². The quantitative estimate of drug-likeness (QED) is 0.795. The number of carbonyl (C=O) groups is 1. The van der Waals surface area contributed by atoms with E-state index in [1.807, 2.05) is 0 Å². The summed E-state index contributed by atoms with van der Waals surface area (Å²) in [5, 5.41) is 2.07. The fraction of sp³-hybridized carbons (Fsp3) is 0.500. The van der Waals surface area contributed by atoms with E-state index in [2.05, 4.69) is 27.4 Å². The molecular formula is C10H11BrOS. The lowest BCUT2D eigenvalue weighted by molar-refractivity contribution is -0.120. The second-order valence-electron chi connectivity index (χ2n) is 3.45. The highest BCUT2D eigenvalue weighted by molar-refractivity contribution is 9.10. The lowest BCUT2D eigenvalue weighted by atomic mass is 10.0. The van der Waals surface area contributed by atoms with Crippen LogP contribution in [0, 0.1) is 5.92 Å². The van der Waals surface area contributed by atoms with Crippen LogP contribution in [0.2, 0.25) is 0 Å². The Bertz CT molecular complexity index is 318. The molecule has 0 bridgehead atoms. The Kier molecular flexibility index (Phi) is 2.84. The third kappa shape index (κ3) is 2.02. The van der Waals surface area contributed by atoms with Gasteiger partial charge in [0.25, 0.3) is 0 Å². The van der Waals surface area contributed by atoms with Gasteiger partial charge in [0.05, 0.1) is 0 Å². The Morgan fingerprint density at radius 3 is 3.00 bits per heavy atom. The molecule has 1 aliphatic carbocycles. The Labute approximate surface area is 90.3 Å². The smallest absolute Gasteiger partial charge is 0.136 e. The van der Waals surface area contributed by atoms with E-state index in [1.165, 1.54) is 4.88 Å². The largest absolute Gasteiger partial charge is 0.299 e. The van der Waals surface area contributed by atoms with Crippen LogP contribution in [0.4, 0.5) is 0 Å². The molecule has 2 rings (SSSR count). The second kappa shape index (κ2) is 3.93. The number of carbonyl (C=O) groups excluding carboxylic acids is 1. The summed E-state index contributed by atoms with van der Waals surface area (Å²) in [6.45, 7) is 0. The average Bonchev–Trinajstić information content (AvgIpc) is 2.65. The molecule has 0 spiro atoms. The van der Waals surface area contributed by atoms with Gasteiger partial charge in [-0.1, -0.05) is 0 Å². The van der Waals surface area contributed by atoms with E-state index in [4.69, 9.17) is 0 Å². The fourth-order valence-corrected chi connectivity index (χ4v) is 3.39. The molecule has 1 aliphatic rings. The molecule has 0 aromatic carbocycles. The number of ketones is 1. The van der Waals surface area contributed by atoms with Gasteiger partial charge in [-0.2, -0.15) is 0 Å². The molecule has 1 aromatic heterocycles. The Balaban J connectivity index is 2.06. The Hall–Kier alpha value is -0.150. The topological polar surface area (TPSA) is 17.1 Å². The maximum absolute atomic E-state index is 11.4. The van der Waals surface area contributed by atoms with Gasteiger partial charge in [0.1, 0.15) is 5.78 Å². The molecular weight excluding hydrogens is 248 g/mol. The zero-order valence-corrected chi connectivity index (χ0v) is 9.66. The highest BCUT2D eigenvalue weighted by Crippen LogP contribution is 2.30. The summed E-state index contributed by atoms with van der Waals surface area (Å²) >= 11 is 5.23. The fourth-order valence-electron chi connectivity index (χ4n) is 1.80. The first-order valence-corrected chi connectivity index (χ1v) is 6.19. The van der Waals surface area contributed by atoms with Crippen LogP contribution in [-0.2, 0) is 11.2 Å². The van der Waals surface area contributed by atoms with Gasteiger partial charge in [-0.3, -0.25) is 4.79 Å². The van der Waals surface area contributed by atoms with Crippen LogP contribution in [0.25, 0.3) is 0 Å². The van der Waals surface area contributed by atoms with E-state index in [9.17, 15) is 4.79 Å². The van der Waals surface area contributed by atoms with Gasteiger partial charge in [-0.15, -0.1) is 11.3 Å². The Morgan fingerprint density at radius 2 is 2.46 bits per heavy atom. The lowest BCUT2D eigenvalue weighted by Gasteiger charge is -2.05. The molecule has 0 aliphatic heterocycles. The van der Waals surface area contributed by atoms with E-state index in [1.54, 1.807) is 11.3 Å². The van der Waals surface area contributed by atoms with Crippen molar-refractivity contribution in [2.24, 2.45) is 5.92 Å². The molecule has 3 heteroatoms. The molecule has 1 unspecified atom stereocenters. The van der Waals surface area contributed by atoms with Gasteiger partial charge in [0.2, 0.25) is 0 Å². The number of rotatable bonds is 2. The highest BCUT2D eigenvalue weighted by atomic mass is 79.9. The van der Waals surface area contributed by atoms with Crippen molar-refractivity contribution in [2.45, 2.75) is 25.7 Å². The molecule has 1 heterocycles. The summed E-state index contributed by atoms with van der Waals surface area (Å²) in [5.41, 5.74) is 0. The van der Waals surface area contributed by atoms with Gasteiger partial charge in [-0.25, -0.2) is 0 Å². The third-order valence-corrected chi connectivity index (χ3v) is 4.50. The lowest BCUT2D eigenvalue weighted by Crippen LogP contribution is -2.08. The van der Waals surface area contributed by atoms with Crippen molar-refractivity contribution < 1.29 is 4.79 Å². The van der Waals surface area contributed by atoms with Crippen molar-refractivity contribution in [1.82, 2.24) is 0 Å². The predicted octanol–water partition coefficient (Wildman–Crippen LogP) is 3.42. The van der Waals surface area contributed by atoms with Crippen LogP contribution >= 0.6 is 27.3 Å². The van der Waals surface area contributed by atoms with Crippen LogP contribution in [0.5, 0.6) is 0 Å². The van der Waals surface area contributed by atoms with Crippen molar-refractivity contribution in [1.29, 1.82) is 0 Å².